The molecule has 7 heteroatoms. The van der Waals surface area contributed by atoms with Crippen molar-refractivity contribution in [3.63, 3.8) is 0 Å². The van der Waals surface area contributed by atoms with Crippen LogP contribution in [0, 0.1) is 0 Å². The summed E-state index contributed by atoms with van der Waals surface area (Å²) in [5.41, 5.74) is 0. The highest BCUT2D eigenvalue weighted by atomic mass is 19.4. The molecule has 2 nitrogen and oxygen atoms in total. The van der Waals surface area contributed by atoms with E-state index in [2.05, 4.69) is 0 Å². The van der Waals surface area contributed by atoms with Gasteiger partial charge in [-0.25, -0.2) is 8.78 Å². The lowest BCUT2D eigenvalue weighted by Crippen LogP contribution is -2.40. The summed E-state index contributed by atoms with van der Waals surface area (Å²) in [5.74, 6) is -4.33. The van der Waals surface area contributed by atoms with Gasteiger partial charge >= 0.3 is 6.18 Å². The van der Waals surface area contributed by atoms with Crippen molar-refractivity contribution in [2.24, 2.45) is 0 Å². The topological polar surface area (TPSA) is 40.5 Å². The summed E-state index contributed by atoms with van der Waals surface area (Å²) in [6, 6.07) is 0. The van der Waals surface area contributed by atoms with Crippen molar-refractivity contribution >= 4 is 0 Å². The fourth-order valence-electron chi connectivity index (χ4n) is 0.519. The van der Waals surface area contributed by atoms with E-state index < -0.39 is 31.2 Å². The van der Waals surface area contributed by atoms with Gasteiger partial charge in [-0.15, -0.1) is 0 Å². The molecule has 0 radical (unpaired) electrons. The normalized spacial score (nSPS) is 16.2. The Morgan fingerprint density at radius 1 is 1.08 bits per heavy atom. The van der Waals surface area contributed by atoms with Crippen LogP contribution in [-0.2, 0) is 0 Å². The van der Waals surface area contributed by atoms with Crippen molar-refractivity contribution in [2.45, 2.75) is 24.6 Å². The Hall–Kier alpha value is -0.430. The van der Waals surface area contributed by atoms with Crippen molar-refractivity contribution in [1.29, 1.82) is 0 Å². The van der Waals surface area contributed by atoms with Crippen LogP contribution < -0.4 is 0 Å². The van der Waals surface area contributed by atoms with Gasteiger partial charge in [0.15, 0.2) is 0 Å². The lowest BCUT2D eigenvalue weighted by molar-refractivity contribution is -0.219. The molecule has 0 heterocycles. The Morgan fingerprint density at radius 3 is 1.75 bits per heavy atom. The monoisotopic (exact) mass is 194 g/mol. The highest BCUT2D eigenvalue weighted by molar-refractivity contribution is 4.78. The van der Waals surface area contributed by atoms with Gasteiger partial charge in [0.1, 0.15) is 12.5 Å². The molecule has 74 valence electrons. The molecule has 0 aromatic carbocycles. The van der Waals surface area contributed by atoms with Gasteiger partial charge in [0.25, 0.3) is 5.92 Å². The molecule has 0 spiro atoms. The van der Waals surface area contributed by atoms with E-state index in [1.54, 1.807) is 0 Å². The van der Waals surface area contributed by atoms with Crippen LogP contribution >= 0.6 is 0 Å². The number of rotatable bonds is 3. The number of halogens is 5. The Bertz CT molecular complexity index is 143. The number of alkyl halides is 5. The Balaban J connectivity index is 4.22. The first kappa shape index (κ1) is 11.6. The van der Waals surface area contributed by atoms with Gasteiger partial charge in [-0.3, -0.25) is 0 Å². The second-order valence-electron chi connectivity index (χ2n) is 2.25. The van der Waals surface area contributed by atoms with Gasteiger partial charge < -0.3 is 10.2 Å². The molecule has 0 aromatic heterocycles. The van der Waals surface area contributed by atoms with Gasteiger partial charge in [-0.1, -0.05) is 0 Å². The average molecular weight is 194 g/mol. The molecule has 0 saturated heterocycles. The third kappa shape index (κ3) is 3.82. The molecular formula is C5H7F5O2. The molecule has 0 aromatic rings. The summed E-state index contributed by atoms with van der Waals surface area (Å²) in [5, 5.41) is 16.2. The predicted molar refractivity (Wildman–Crippen MR) is 28.7 cm³/mol. The summed E-state index contributed by atoms with van der Waals surface area (Å²) in [6.45, 7) is -1.40. The molecule has 12 heavy (non-hydrogen) atoms. The molecule has 1 atom stereocenters. The van der Waals surface area contributed by atoms with Crippen LogP contribution in [0.25, 0.3) is 0 Å². The third-order valence-corrected chi connectivity index (χ3v) is 1.10. The second-order valence-corrected chi connectivity index (χ2v) is 2.25. The Labute approximate surface area is 64.6 Å². The molecular weight excluding hydrogens is 187 g/mol. The van der Waals surface area contributed by atoms with E-state index in [1.165, 1.54) is 0 Å². The summed E-state index contributed by atoms with van der Waals surface area (Å²) < 4.78 is 58.5. The minimum absolute atomic E-state index is 1.40. The highest BCUT2D eigenvalue weighted by Gasteiger charge is 2.48. The molecule has 0 aliphatic heterocycles. The first-order chi connectivity index (χ1) is 5.19. The molecule has 0 amide bonds. The zero-order chi connectivity index (χ0) is 9.99. The lowest BCUT2D eigenvalue weighted by atomic mass is 10.1. The highest BCUT2D eigenvalue weighted by Crippen LogP contribution is 2.33. The van der Waals surface area contributed by atoms with Crippen molar-refractivity contribution in [1.82, 2.24) is 0 Å². The van der Waals surface area contributed by atoms with Crippen LogP contribution in [0.2, 0.25) is 0 Å². The van der Waals surface area contributed by atoms with Crippen LogP contribution in [0.3, 0.4) is 0 Å². The molecule has 0 aliphatic rings. The van der Waals surface area contributed by atoms with Crippen LogP contribution in [0.15, 0.2) is 0 Å². The molecule has 0 saturated carbocycles. The molecule has 0 bridgehead atoms. The summed E-state index contributed by atoms with van der Waals surface area (Å²) in [7, 11) is 0. The third-order valence-electron chi connectivity index (χ3n) is 1.10. The van der Waals surface area contributed by atoms with Crippen molar-refractivity contribution in [3.8, 4) is 0 Å². The van der Waals surface area contributed by atoms with E-state index in [1.807, 2.05) is 0 Å². The second kappa shape index (κ2) is 3.53. The van der Waals surface area contributed by atoms with Crippen LogP contribution in [0.5, 0.6) is 0 Å². The van der Waals surface area contributed by atoms with Gasteiger partial charge in [0, 0.05) is 0 Å². The number of aliphatic hydroxyl groups excluding tert-OH is 2. The largest absolute Gasteiger partial charge is 0.394 e. The zero-order valence-electron chi connectivity index (χ0n) is 5.78. The van der Waals surface area contributed by atoms with Crippen molar-refractivity contribution in [3.05, 3.63) is 0 Å². The first-order valence-corrected chi connectivity index (χ1v) is 2.92. The van der Waals surface area contributed by atoms with E-state index in [0.717, 1.165) is 0 Å². The summed E-state index contributed by atoms with van der Waals surface area (Å²) in [6.07, 6.45) is -10.2. The summed E-state index contributed by atoms with van der Waals surface area (Å²) in [4.78, 5) is 0. The van der Waals surface area contributed by atoms with Crippen molar-refractivity contribution in [2.75, 3.05) is 6.61 Å². The number of aliphatic hydroxyl groups is 2. The molecule has 0 aliphatic carbocycles. The van der Waals surface area contributed by atoms with Gasteiger partial charge in [-0.05, 0) is 0 Å². The van der Waals surface area contributed by atoms with Crippen molar-refractivity contribution < 1.29 is 32.2 Å². The molecule has 0 fully saturated rings. The summed E-state index contributed by atoms with van der Waals surface area (Å²) >= 11 is 0. The SMILES string of the molecule is OCC(O)C(F)(F)CC(F)(F)F. The number of hydrogen-bond acceptors (Lipinski definition) is 2. The lowest BCUT2D eigenvalue weighted by Gasteiger charge is -2.21. The fourth-order valence-corrected chi connectivity index (χ4v) is 0.519. The predicted octanol–water partition coefficient (Wildman–Crippen LogP) is 0.927. The minimum atomic E-state index is -5.06. The maximum Gasteiger partial charge on any atom is 0.394 e. The quantitative estimate of drug-likeness (QED) is 0.656. The van der Waals surface area contributed by atoms with E-state index >= 15 is 0 Å². The van der Waals surface area contributed by atoms with Crippen LogP contribution in [0.1, 0.15) is 6.42 Å². The van der Waals surface area contributed by atoms with Gasteiger partial charge in [-0.2, -0.15) is 13.2 Å². The Morgan fingerprint density at radius 2 is 1.50 bits per heavy atom. The first-order valence-electron chi connectivity index (χ1n) is 2.92. The maximum atomic E-state index is 12.2. The zero-order valence-corrected chi connectivity index (χ0v) is 5.78. The van der Waals surface area contributed by atoms with Crippen LogP contribution in [-0.4, -0.2) is 35.0 Å². The van der Waals surface area contributed by atoms with Gasteiger partial charge in [0.05, 0.1) is 6.61 Å². The van der Waals surface area contributed by atoms with E-state index in [9.17, 15) is 22.0 Å². The molecule has 2 N–H and O–H groups in total. The fraction of sp³-hybridized carbons (Fsp3) is 1.00. The van der Waals surface area contributed by atoms with Gasteiger partial charge in [0.2, 0.25) is 0 Å². The molecule has 1 unspecified atom stereocenters. The molecule has 0 rings (SSSR count). The number of hydrogen-bond donors (Lipinski definition) is 2. The van der Waals surface area contributed by atoms with E-state index in [-0.39, 0.29) is 0 Å². The van der Waals surface area contributed by atoms with Crippen LogP contribution in [0.4, 0.5) is 22.0 Å². The average Bonchev–Trinajstić information content (AvgIpc) is 1.80. The van der Waals surface area contributed by atoms with E-state index in [4.69, 9.17) is 10.2 Å². The maximum absolute atomic E-state index is 12.2. The van der Waals surface area contributed by atoms with E-state index in [0.29, 0.717) is 0 Å². The minimum Gasteiger partial charge on any atom is -0.393 e. The smallest absolute Gasteiger partial charge is 0.393 e. The standard InChI is InChI=1S/C5H7F5O2/c6-4(7,3(12)1-11)2-5(8,9)10/h3,11-12H,1-2H2. The Kier molecular flexibility index (Phi) is 3.40.